The van der Waals surface area contributed by atoms with Gasteiger partial charge in [0, 0.05) is 7.05 Å². The first kappa shape index (κ1) is 20.9. The minimum atomic E-state index is -1.03. The smallest absolute Gasteiger partial charge is 0.335 e. The molecule has 1 aliphatic rings. The summed E-state index contributed by atoms with van der Waals surface area (Å²) < 4.78 is 11.4. The van der Waals surface area contributed by atoms with Crippen molar-refractivity contribution in [2.75, 3.05) is 21.3 Å². The molecule has 0 bridgehead atoms. The third-order valence-electron chi connectivity index (χ3n) is 4.08. The number of rotatable bonds is 5. The van der Waals surface area contributed by atoms with Crippen LogP contribution in [0.4, 0.5) is 5.69 Å². The highest BCUT2D eigenvalue weighted by Gasteiger charge is 2.30. The molecule has 0 atom stereocenters. The molecule has 1 aliphatic heterocycles. The number of thioether (sulfide) groups is 1. The lowest BCUT2D eigenvalue weighted by atomic mass is 10.2. The van der Waals surface area contributed by atoms with Crippen molar-refractivity contribution in [1.29, 1.82) is 0 Å². The van der Waals surface area contributed by atoms with Gasteiger partial charge in [-0.25, -0.2) is 9.79 Å². The Morgan fingerprint density at radius 1 is 1.24 bits per heavy atom. The van der Waals surface area contributed by atoms with E-state index in [1.54, 1.807) is 45.5 Å². The largest absolute Gasteiger partial charge is 0.493 e. The summed E-state index contributed by atoms with van der Waals surface area (Å²) in [6, 6.07) is 9.85. The lowest BCUT2D eigenvalue weighted by molar-refractivity contribution is -0.121. The van der Waals surface area contributed by atoms with Gasteiger partial charge in [-0.15, -0.1) is 0 Å². The molecule has 1 N–H and O–H groups in total. The van der Waals surface area contributed by atoms with Crippen LogP contribution in [0.15, 0.2) is 50.8 Å². The number of likely N-dealkylation sites (N-methyl/N-ethyl adjacent to an activating group) is 1. The summed E-state index contributed by atoms with van der Waals surface area (Å²) in [5, 5.41) is 9.58. The molecule has 0 aromatic heterocycles. The topological polar surface area (TPSA) is 88.4 Å². The molecule has 0 saturated carbocycles. The third-order valence-corrected chi connectivity index (χ3v) is 5.72. The van der Waals surface area contributed by atoms with Crippen LogP contribution in [0.5, 0.6) is 11.5 Å². The first-order chi connectivity index (χ1) is 13.8. The number of carbonyl (C=O) groups is 2. The van der Waals surface area contributed by atoms with Crippen LogP contribution in [0.2, 0.25) is 0 Å². The minimum Gasteiger partial charge on any atom is -0.493 e. The highest BCUT2D eigenvalue weighted by molar-refractivity contribution is 9.10. The van der Waals surface area contributed by atoms with Crippen molar-refractivity contribution < 1.29 is 24.2 Å². The van der Waals surface area contributed by atoms with E-state index in [1.165, 1.54) is 28.8 Å². The molecular formula is C20H17BrN2O5S. The van der Waals surface area contributed by atoms with Crippen molar-refractivity contribution in [3.05, 3.63) is 56.9 Å². The summed E-state index contributed by atoms with van der Waals surface area (Å²) in [6.45, 7) is 0. The van der Waals surface area contributed by atoms with E-state index >= 15 is 0 Å². The number of hydrogen-bond acceptors (Lipinski definition) is 6. The molecule has 0 spiro atoms. The Hall–Kier alpha value is -2.78. The maximum atomic E-state index is 12.6. The fourth-order valence-corrected chi connectivity index (χ4v) is 4.25. The van der Waals surface area contributed by atoms with E-state index in [9.17, 15) is 9.59 Å². The molecule has 1 saturated heterocycles. The number of benzene rings is 2. The SMILES string of the molecule is COc1cc(/C=C2/SC(=Nc3cccc(C(=O)O)c3)N(C)C2=O)cc(Br)c1OC. The summed E-state index contributed by atoms with van der Waals surface area (Å²) in [5.74, 6) is -0.126. The Balaban J connectivity index is 1.94. The number of aliphatic imine (C=N–C) groups is 1. The average Bonchev–Trinajstić information content (AvgIpc) is 2.95. The Labute approximate surface area is 180 Å². The number of halogens is 1. The molecule has 1 amide bonds. The maximum Gasteiger partial charge on any atom is 0.335 e. The number of carbonyl (C=O) groups excluding carboxylic acids is 1. The molecule has 7 nitrogen and oxygen atoms in total. The van der Waals surface area contributed by atoms with E-state index in [-0.39, 0.29) is 11.5 Å². The molecule has 0 aliphatic carbocycles. The molecule has 1 fully saturated rings. The molecule has 9 heteroatoms. The number of hydrogen-bond donors (Lipinski definition) is 1. The van der Waals surface area contributed by atoms with Gasteiger partial charge in [0.1, 0.15) is 0 Å². The summed E-state index contributed by atoms with van der Waals surface area (Å²) >= 11 is 4.65. The van der Waals surface area contributed by atoms with Crippen LogP contribution >= 0.6 is 27.7 Å². The van der Waals surface area contributed by atoms with Gasteiger partial charge in [0.2, 0.25) is 0 Å². The second-order valence-corrected chi connectivity index (χ2v) is 7.83. The van der Waals surface area contributed by atoms with Crippen LogP contribution in [0.3, 0.4) is 0 Å². The Kier molecular flexibility index (Phi) is 6.29. The van der Waals surface area contributed by atoms with Gasteiger partial charge in [0.15, 0.2) is 16.7 Å². The second-order valence-electron chi connectivity index (χ2n) is 5.96. The van der Waals surface area contributed by atoms with Crippen molar-refractivity contribution in [2.24, 2.45) is 4.99 Å². The Morgan fingerprint density at radius 2 is 2.00 bits per heavy atom. The molecule has 1 heterocycles. The second kappa shape index (κ2) is 8.71. The van der Waals surface area contributed by atoms with Gasteiger partial charge in [-0.2, -0.15) is 0 Å². The molecule has 29 heavy (non-hydrogen) atoms. The van der Waals surface area contributed by atoms with Gasteiger partial charge in [-0.1, -0.05) is 6.07 Å². The normalized spacial score (nSPS) is 16.6. The highest BCUT2D eigenvalue weighted by atomic mass is 79.9. The Morgan fingerprint density at radius 3 is 2.66 bits per heavy atom. The summed E-state index contributed by atoms with van der Waals surface area (Å²) in [5.41, 5.74) is 1.35. The minimum absolute atomic E-state index is 0.134. The van der Waals surface area contributed by atoms with Crippen LogP contribution in [-0.4, -0.2) is 48.3 Å². The predicted octanol–water partition coefficient (Wildman–Crippen LogP) is 4.40. The zero-order chi connectivity index (χ0) is 21.1. The average molecular weight is 477 g/mol. The van der Waals surface area contributed by atoms with Crippen molar-refractivity contribution in [3.63, 3.8) is 0 Å². The number of nitrogens with zero attached hydrogens (tertiary/aromatic N) is 2. The fraction of sp³-hybridized carbons (Fsp3) is 0.150. The lowest BCUT2D eigenvalue weighted by Gasteiger charge is -2.10. The van der Waals surface area contributed by atoms with Crippen LogP contribution in [0.25, 0.3) is 6.08 Å². The van der Waals surface area contributed by atoms with Gasteiger partial charge in [-0.05, 0) is 69.7 Å². The standard InChI is InChI=1S/C20H17BrN2O5S/c1-23-18(24)16(9-11-7-14(21)17(28-3)15(8-11)27-2)29-20(23)22-13-6-4-5-12(10-13)19(25)26/h4-10H,1-3H3,(H,25,26)/b16-9+,22-20?. The summed E-state index contributed by atoms with van der Waals surface area (Å²) in [4.78, 5) is 30.1. The van der Waals surface area contributed by atoms with Gasteiger partial charge in [-0.3, -0.25) is 9.69 Å². The van der Waals surface area contributed by atoms with Crippen LogP contribution < -0.4 is 9.47 Å². The molecule has 2 aromatic rings. The lowest BCUT2D eigenvalue weighted by Crippen LogP contribution is -2.23. The molecule has 3 rings (SSSR count). The van der Waals surface area contributed by atoms with Crippen molar-refractivity contribution in [1.82, 2.24) is 4.90 Å². The van der Waals surface area contributed by atoms with Gasteiger partial charge in [0.25, 0.3) is 5.91 Å². The summed E-state index contributed by atoms with van der Waals surface area (Å²) in [6.07, 6.45) is 1.74. The molecule has 0 unspecified atom stereocenters. The van der Waals surface area contributed by atoms with E-state index in [2.05, 4.69) is 20.9 Å². The summed E-state index contributed by atoms with van der Waals surface area (Å²) in [7, 11) is 4.72. The van der Waals surface area contributed by atoms with Crippen molar-refractivity contribution >= 4 is 56.5 Å². The van der Waals surface area contributed by atoms with E-state index in [1.807, 2.05) is 6.07 Å². The van der Waals surface area contributed by atoms with E-state index in [0.29, 0.717) is 31.7 Å². The number of ether oxygens (including phenoxy) is 2. The van der Waals surface area contributed by atoms with Crippen LogP contribution in [0, 0.1) is 0 Å². The van der Waals surface area contributed by atoms with Crippen molar-refractivity contribution in [2.45, 2.75) is 0 Å². The zero-order valence-corrected chi connectivity index (χ0v) is 18.2. The Bertz CT molecular complexity index is 1050. The van der Waals surface area contributed by atoms with Crippen LogP contribution in [-0.2, 0) is 4.79 Å². The maximum absolute atomic E-state index is 12.6. The van der Waals surface area contributed by atoms with Gasteiger partial charge < -0.3 is 14.6 Å². The first-order valence-corrected chi connectivity index (χ1v) is 9.96. The fourth-order valence-electron chi connectivity index (χ4n) is 2.64. The number of methoxy groups -OCH3 is 2. The molecule has 150 valence electrons. The third kappa shape index (κ3) is 4.46. The molecule has 2 aromatic carbocycles. The van der Waals surface area contributed by atoms with Crippen molar-refractivity contribution in [3.8, 4) is 11.5 Å². The molecular weight excluding hydrogens is 460 g/mol. The number of amides is 1. The number of carboxylic acids is 1. The number of carboxylic acid groups (broad SMARTS) is 1. The number of aromatic carboxylic acids is 1. The first-order valence-electron chi connectivity index (χ1n) is 8.35. The van der Waals surface area contributed by atoms with E-state index in [4.69, 9.17) is 14.6 Å². The van der Waals surface area contributed by atoms with Gasteiger partial charge in [0.05, 0.1) is 34.8 Å². The van der Waals surface area contributed by atoms with E-state index in [0.717, 1.165) is 5.56 Å². The van der Waals surface area contributed by atoms with Crippen LogP contribution in [0.1, 0.15) is 15.9 Å². The molecule has 0 radical (unpaired) electrons. The zero-order valence-electron chi connectivity index (χ0n) is 15.8. The highest BCUT2D eigenvalue weighted by Crippen LogP contribution is 2.39. The van der Waals surface area contributed by atoms with E-state index < -0.39 is 5.97 Å². The number of amidine groups is 1. The van der Waals surface area contributed by atoms with Gasteiger partial charge >= 0.3 is 5.97 Å². The quantitative estimate of drug-likeness (QED) is 0.643. The predicted molar refractivity (Wildman–Crippen MR) is 116 cm³/mol. The monoisotopic (exact) mass is 476 g/mol.